The van der Waals surface area contributed by atoms with Crippen LogP contribution < -0.4 is 0 Å². The van der Waals surface area contributed by atoms with Crippen LogP contribution in [0.25, 0.3) is 12.2 Å². The van der Waals surface area contributed by atoms with Crippen LogP contribution in [-0.4, -0.2) is 92.0 Å². The summed E-state index contributed by atoms with van der Waals surface area (Å²) in [5.41, 5.74) is 6.74. The Bertz CT molecular complexity index is 2370. The molecular weight excluding hydrogens is 1050 g/mol. The molecule has 0 radical (unpaired) electrons. The molecule has 5 aromatic carbocycles. The van der Waals surface area contributed by atoms with E-state index in [9.17, 15) is 28.5 Å². The van der Waals surface area contributed by atoms with Gasteiger partial charge in [-0.05, 0) is 107 Å². The first kappa shape index (κ1) is 65.5. The quantitative estimate of drug-likeness (QED) is 0.0162. The summed E-state index contributed by atoms with van der Waals surface area (Å²) in [6.07, 6.45) is 5.24. The van der Waals surface area contributed by atoms with E-state index in [4.69, 9.17) is 47.4 Å². The minimum absolute atomic E-state index is 0.147. The van der Waals surface area contributed by atoms with Gasteiger partial charge in [-0.1, -0.05) is 113 Å². The van der Waals surface area contributed by atoms with Crippen molar-refractivity contribution in [3.63, 3.8) is 0 Å². The fourth-order valence-corrected chi connectivity index (χ4v) is 8.48. The summed E-state index contributed by atoms with van der Waals surface area (Å²) >= 11 is 3.27. The fourth-order valence-electron chi connectivity index (χ4n) is 5.55. The molecule has 0 aromatic heterocycles. The fraction of sp³-hybridized carbons (Fsp3) is 0.315. The monoisotopic (exact) mass is 1110 g/mol. The number of carboxylic acid groups (broad SMARTS) is 3. The molecule has 0 amide bonds. The number of alkyl halides is 1. The molecule has 3 N–H and O–H groups in total. The number of hydrogen-bond acceptors (Lipinski definition) is 13. The molecule has 5 aromatic rings. The number of halogens is 1. The van der Waals surface area contributed by atoms with Gasteiger partial charge in [-0.15, -0.1) is 0 Å². The van der Waals surface area contributed by atoms with Crippen molar-refractivity contribution in [2.75, 3.05) is 46.2 Å². The number of carbonyl (C=O) groups is 5. The van der Waals surface area contributed by atoms with Crippen LogP contribution in [0.5, 0.6) is 0 Å². The molecule has 0 aliphatic carbocycles. The molecule has 0 heterocycles. The van der Waals surface area contributed by atoms with Crippen molar-refractivity contribution in [2.45, 2.75) is 66.2 Å². The number of carboxylic acids is 3. The van der Waals surface area contributed by atoms with Crippen LogP contribution in [0.15, 0.2) is 121 Å². The smallest absolute Gasteiger partial charge is 0.335 e. The second-order valence-electron chi connectivity index (χ2n) is 14.3. The maximum absolute atomic E-state index is 12.2. The van der Waals surface area contributed by atoms with Gasteiger partial charge in [-0.2, -0.15) is 0 Å². The molecule has 73 heavy (non-hydrogen) atoms. The molecule has 0 fully saturated rings. The lowest BCUT2D eigenvalue weighted by atomic mass is 10.1. The van der Waals surface area contributed by atoms with Crippen molar-refractivity contribution in [1.29, 1.82) is 0 Å². The maximum Gasteiger partial charge on any atom is 0.335 e. The summed E-state index contributed by atoms with van der Waals surface area (Å²) in [4.78, 5) is 52.8. The summed E-state index contributed by atoms with van der Waals surface area (Å²) in [5, 5.41) is 26.9. The van der Waals surface area contributed by atoms with Crippen LogP contribution >= 0.6 is 32.1 Å². The van der Waals surface area contributed by atoms with E-state index in [1.165, 1.54) is 12.1 Å². The van der Waals surface area contributed by atoms with E-state index in [2.05, 4.69) is 15.9 Å². The highest BCUT2D eigenvalue weighted by molar-refractivity contribution is 9.08. The third kappa shape index (κ3) is 27.9. The second-order valence-corrected chi connectivity index (χ2v) is 18.1. The zero-order chi connectivity index (χ0) is 54.4. The molecule has 16 nitrogen and oxygen atoms in total. The number of ether oxygens (including phenoxy) is 2. The van der Waals surface area contributed by atoms with E-state index in [-0.39, 0.29) is 23.6 Å². The minimum atomic E-state index is -3.13. The molecule has 396 valence electrons. The van der Waals surface area contributed by atoms with E-state index < -0.39 is 34.1 Å². The number of rotatable bonds is 25. The molecule has 0 bridgehead atoms. The number of hydrogen-bond donors (Lipinski definition) is 3. The van der Waals surface area contributed by atoms with Gasteiger partial charge in [0.2, 0.25) is 0 Å². The maximum atomic E-state index is 12.2. The largest absolute Gasteiger partial charge is 0.478 e. The zero-order valence-electron chi connectivity index (χ0n) is 42.2. The average Bonchev–Trinajstić information content (AvgIpc) is 3.39. The van der Waals surface area contributed by atoms with Gasteiger partial charge in [0.15, 0.2) is 6.29 Å². The normalized spacial score (nSPS) is 10.7. The minimum Gasteiger partial charge on any atom is -0.478 e. The predicted molar refractivity (Wildman–Crippen MR) is 288 cm³/mol. The number of aldehydes is 2. The first-order valence-electron chi connectivity index (χ1n) is 23.2. The Kier molecular flexibility index (Phi) is 35.0. The highest BCUT2D eigenvalue weighted by Gasteiger charge is 2.24. The second kappa shape index (κ2) is 39.0. The number of aromatic carboxylic acids is 3. The molecule has 0 saturated carbocycles. The molecule has 0 saturated heterocycles. The Morgan fingerprint density at radius 3 is 1.14 bits per heavy atom. The zero-order valence-corrected chi connectivity index (χ0v) is 45.6. The van der Waals surface area contributed by atoms with E-state index >= 15 is 0 Å². The number of benzene rings is 5. The van der Waals surface area contributed by atoms with Crippen LogP contribution in [-0.2, 0) is 48.1 Å². The Balaban J connectivity index is 0.000000466. The van der Waals surface area contributed by atoms with Gasteiger partial charge < -0.3 is 47.4 Å². The number of carbonyl (C=O) groups excluding carboxylic acids is 2. The van der Waals surface area contributed by atoms with Crippen molar-refractivity contribution in [3.05, 3.63) is 177 Å². The van der Waals surface area contributed by atoms with E-state index in [0.717, 1.165) is 45.7 Å². The van der Waals surface area contributed by atoms with E-state index in [1.54, 1.807) is 98.8 Å². The van der Waals surface area contributed by atoms with Crippen molar-refractivity contribution in [2.24, 2.45) is 0 Å². The first-order valence-corrected chi connectivity index (χ1v) is 27.2. The molecule has 0 atom stereocenters. The van der Waals surface area contributed by atoms with Crippen molar-refractivity contribution < 1.29 is 75.9 Å². The van der Waals surface area contributed by atoms with E-state index in [1.807, 2.05) is 71.0 Å². The van der Waals surface area contributed by atoms with Gasteiger partial charge in [0.25, 0.3) is 0 Å². The SMILES string of the molecule is CCOC(OCC)c1ccc(C=O)cc1.CCOP(=O)(Cc1ccc(C(=O)O)cc1)OCC.CCOP(OCC)OCC.O=C(O)c1ccc(CBr)cc1.O=Cc1ccc(/C=C/c2ccc(C(=O)O)cc2)cc1. The molecule has 19 heteroatoms. The first-order chi connectivity index (χ1) is 35.1. The molecule has 0 unspecified atom stereocenters. The van der Waals surface area contributed by atoms with Crippen molar-refractivity contribution in [3.8, 4) is 0 Å². The molecular formula is C54H67BrO16P2. The average molecular weight is 1110 g/mol. The Hall–Kier alpha value is -5.55. The summed E-state index contributed by atoms with van der Waals surface area (Å²) in [7, 11) is -4.19. The third-order valence-corrected chi connectivity index (χ3v) is 13.1. The van der Waals surface area contributed by atoms with Crippen molar-refractivity contribution >= 4 is 74.8 Å². The lowest BCUT2D eigenvalue weighted by Gasteiger charge is -2.17. The highest BCUT2D eigenvalue weighted by Crippen LogP contribution is 2.51. The molecule has 0 spiro atoms. The van der Waals surface area contributed by atoms with Crippen LogP contribution in [0.4, 0.5) is 0 Å². The summed E-state index contributed by atoms with van der Waals surface area (Å²) in [5.74, 6) is -2.80. The van der Waals surface area contributed by atoms with Gasteiger partial charge in [0, 0.05) is 35.2 Å². The topological polar surface area (TPSA) is 228 Å². The molecule has 0 aliphatic rings. The van der Waals surface area contributed by atoms with Gasteiger partial charge in [0.05, 0.1) is 55.9 Å². The van der Waals surface area contributed by atoms with E-state index in [0.29, 0.717) is 62.9 Å². The van der Waals surface area contributed by atoms with Gasteiger partial charge in [0.1, 0.15) is 12.6 Å². The molecule has 0 aliphatic heterocycles. The van der Waals surface area contributed by atoms with Gasteiger partial charge >= 0.3 is 34.1 Å². The van der Waals surface area contributed by atoms with Crippen LogP contribution in [0.2, 0.25) is 0 Å². The Labute approximate surface area is 438 Å². The van der Waals surface area contributed by atoms with Crippen molar-refractivity contribution in [1.82, 2.24) is 0 Å². The lowest BCUT2D eigenvalue weighted by Crippen LogP contribution is -2.08. The van der Waals surface area contributed by atoms with Gasteiger partial charge in [-0.3, -0.25) is 14.2 Å². The van der Waals surface area contributed by atoms with Gasteiger partial charge in [-0.25, -0.2) is 14.4 Å². The lowest BCUT2D eigenvalue weighted by molar-refractivity contribution is -0.140. The summed E-state index contributed by atoms with van der Waals surface area (Å²) in [6, 6.07) is 34.0. The molecule has 5 rings (SSSR count). The third-order valence-electron chi connectivity index (χ3n) is 8.97. The van der Waals surface area contributed by atoms with Crippen LogP contribution in [0.1, 0.15) is 134 Å². The Morgan fingerprint density at radius 1 is 0.493 bits per heavy atom. The summed E-state index contributed by atoms with van der Waals surface area (Å²) in [6.45, 7) is 16.9. The Morgan fingerprint density at radius 2 is 0.822 bits per heavy atom. The standard InChI is InChI=1S/C16H12O3.C12H17O5P.C12H16O3.C8H7BrO2.C6H15O3P/c17-11-14-5-3-12(4-6-14)1-2-13-7-9-15(10-8-13)16(18)19;1-3-16-18(15,17-4-2)9-10-5-7-11(8-6-10)12(13)14;1-3-14-12(15-4-2)11-7-5-10(9-13)6-8-11;9-5-6-1-3-7(4-2-6)8(10)11;1-4-7-10(8-5-2)9-6-3/h1-11H,(H,18,19);5-8H,3-4,9H2,1-2H3,(H,13,14);5-9,12H,3-4H2,1-2H3;1-4H,5H2,(H,10,11);4-6H2,1-3H3/b2-1+;;;;. The highest BCUT2D eigenvalue weighted by atomic mass is 79.9. The van der Waals surface area contributed by atoms with Crippen LogP contribution in [0, 0.1) is 0 Å². The van der Waals surface area contributed by atoms with Crippen LogP contribution in [0.3, 0.4) is 0 Å². The summed E-state index contributed by atoms with van der Waals surface area (Å²) < 4.78 is 48.9. The predicted octanol–water partition coefficient (Wildman–Crippen LogP) is 13.7.